The number of nitrogens with one attached hydrogen (secondary N) is 3. The van der Waals surface area contributed by atoms with E-state index in [2.05, 4.69) is 25.8 Å². The van der Waals surface area contributed by atoms with Gasteiger partial charge in [0.2, 0.25) is 5.91 Å². The molecule has 0 aromatic heterocycles. The van der Waals surface area contributed by atoms with Crippen molar-refractivity contribution in [3.05, 3.63) is 0 Å². The molecule has 1 atom stereocenters. The van der Waals surface area contributed by atoms with Gasteiger partial charge in [0.15, 0.2) is 5.96 Å². The molecule has 158 valence electrons. The highest BCUT2D eigenvalue weighted by molar-refractivity contribution is 14.0. The topological polar surface area (TPSA) is 78.0 Å². The third kappa shape index (κ3) is 8.33. The number of thioether (sulfide) groups is 1. The molecule has 0 bridgehead atoms. The van der Waals surface area contributed by atoms with Crippen molar-refractivity contribution in [1.29, 1.82) is 0 Å². The van der Waals surface area contributed by atoms with Crippen molar-refractivity contribution in [3.63, 3.8) is 0 Å². The second-order valence-corrected chi connectivity index (χ2v) is 9.08. The molecule has 3 N–H and O–H groups in total. The fraction of sp³-hybridized carbons (Fsp3) is 0.889. The maximum Gasteiger partial charge on any atom is 0.242 e. The van der Waals surface area contributed by atoms with Gasteiger partial charge in [0.25, 0.3) is 0 Å². The van der Waals surface area contributed by atoms with Crippen molar-refractivity contribution in [1.82, 2.24) is 20.9 Å². The fourth-order valence-electron chi connectivity index (χ4n) is 3.33. The first kappa shape index (κ1) is 24.8. The molecular weight excluding hydrogens is 477 g/mol. The van der Waals surface area contributed by atoms with Gasteiger partial charge in [0, 0.05) is 43.0 Å². The van der Waals surface area contributed by atoms with E-state index < -0.39 is 0 Å². The fourth-order valence-corrected chi connectivity index (χ4v) is 4.81. The minimum Gasteiger partial charge on any atom is -0.379 e. The molecule has 0 aliphatic carbocycles. The minimum absolute atomic E-state index is 0. The standard InChI is InChI=1S/C18H35N5O2S.HI/c1-5-19-16(20-12-15(24)22-17(2,3)4)21-13-18(6-11-26-14-18)23-7-9-25-10-8-23;/h5-14H2,1-4H3,(H,22,24)(H2,19,20,21);1H. The Labute approximate surface area is 185 Å². The monoisotopic (exact) mass is 513 g/mol. The quantitative estimate of drug-likeness (QED) is 0.282. The predicted octanol–water partition coefficient (Wildman–Crippen LogP) is 1.28. The minimum atomic E-state index is -0.236. The Morgan fingerprint density at radius 2 is 1.96 bits per heavy atom. The summed E-state index contributed by atoms with van der Waals surface area (Å²) in [6.07, 6.45) is 1.18. The number of ether oxygens (including phenoxy) is 1. The molecule has 27 heavy (non-hydrogen) atoms. The molecule has 1 unspecified atom stereocenters. The van der Waals surface area contributed by atoms with E-state index >= 15 is 0 Å². The number of carbonyl (C=O) groups excluding carboxylic acids is 1. The van der Waals surface area contributed by atoms with Gasteiger partial charge in [0.05, 0.1) is 13.2 Å². The van der Waals surface area contributed by atoms with E-state index in [9.17, 15) is 4.79 Å². The van der Waals surface area contributed by atoms with Gasteiger partial charge in [-0.1, -0.05) is 0 Å². The van der Waals surface area contributed by atoms with Gasteiger partial charge in [-0.15, -0.1) is 24.0 Å². The lowest BCUT2D eigenvalue weighted by atomic mass is 9.95. The van der Waals surface area contributed by atoms with E-state index in [0.29, 0.717) is 5.96 Å². The highest BCUT2D eigenvalue weighted by Crippen LogP contribution is 2.33. The largest absolute Gasteiger partial charge is 0.379 e. The van der Waals surface area contributed by atoms with Crippen molar-refractivity contribution >= 4 is 47.6 Å². The Hall–Kier alpha value is -0.260. The van der Waals surface area contributed by atoms with E-state index in [-0.39, 0.29) is 47.5 Å². The number of morpholine rings is 1. The van der Waals surface area contributed by atoms with Crippen molar-refractivity contribution in [2.75, 3.05) is 57.4 Å². The van der Waals surface area contributed by atoms with Crippen LogP contribution in [0.25, 0.3) is 0 Å². The summed E-state index contributed by atoms with van der Waals surface area (Å²) in [4.78, 5) is 19.1. The van der Waals surface area contributed by atoms with Crippen LogP contribution in [-0.2, 0) is 9.53 Å². The maximum absolute atomic E-state index is 12.0. The zero-order valence-electron chi connectivity index (χ0n) is 17.1. The summed E-state index contributed by atoms with van der Waals surface area (Å²) < 4.78 is 5.52. The molecule has 2 aliphatic heterocycles. The molecule has 0 aromatic rings. The van der Waals surface area contributed by atoms with Crippen LogP contribution < -0.4 is 16.0 Å². The lowest BCUT2D eigenvalue weighted by Crippen LogP contribution is -2.60. The Morgan fingerprint density at radius 3 is 2.52 bits per heavy atom. The summed E-state index contributed by atoms with van der Waals surface area (Å²) >= 11 is 2.02. The number of hydrogen-bond donors (Lipinski definition) is 3. The number of hydrogen-bond acceptors (Lipinski definition) is 5. The first-order chi connectivity index (χ1) is 12.3. The van der Waals surface area contributed by atoms with E-state index in [4.69, 9.17) is 4.74 Å². The average Bonchev–Trinajstić information content (AvgIpc) is 3.07. The molecule has 1 amide bonds. The summed E-state index contributed by atoms with van der Waals surface area (Å²) in [5.41, 5.74) is -0.0852. The highest BCUT2D eigenvalue weighted by atomic mass is 127. The van der Waals surface area contributed by atoms with E-state index in [1.165, 1.54) is 12.2 Å². The van der Waals surface area contributed by atoms with Crippen LogP contribution in [0.4, 0.5) is 0 Å². The SMILES string of the molecule is CCNC(=NCC(=O)NC(C)(C)C)NCC1(N2CCOCC2)CCSC1.I. The van der Waals surface area contributed by atoms with Gasteiger partial charge in [-0.25, -0.2) is 4.99 Å². The molecule has 0 radical (unpaired) electrons. The number of halogens is 1. The molecule has 2 saturated heterocycles. The predicted molar refractivity (Wildman–Crippen MR) is 124 cm³/mol. The van der Waals surface area contributed by atoms with Crippen LogP contribution in [0, 0.1) is 0 Å². The second kappa shape index (κ2) is 11.7. The number of aliphatic imine (C=N–C) groups is 1. The zero-order chi connectivity index (χ0) is 19.0. The van der Waals surface area contributed by atoms with Gasteiger partial charge in [-0.3, -0.25) is 9.69 Å². The molecule has 0 aromatic carbocycles. The van der Waals surface area contributed by atoms with Crippen LogP contribution in [-0.4, -0.2) is 85.3 Å². The Kier molecular flexibility index (Phi) is 10.7. The molecule has 2 rings (SSSR count). The van der Waals surface area contributed by atoms with Gasteiger partial charge in [0.1, 0.15) is 6.54 Å². The number of guanidine groups is 1. The smallest absolute Gasteiger partial charge is 0.242 e. The van der Waals surface area contributed by atoms with Crippen LogP contribution in [0.2, 0.25) is 0 Å². The van der Waals surface area contributed by atoms with Gasteiger partial charge < -0.3 is 20.7 Å². The van der Waals surface area contributed by atoms with Crippen LogP contribution >= 0.6 is 35.7 Å². The number of rotatable bonds is 6. The molecule has 2 fully saturated rings. The van der Waals surface area contributed by atoms with Crippen molar-refractivity contribution in [2.24, 2.45) is 4.99 Å². The lowest BCUT2D eigenvalue weighted by Gasteiger charge is -2.43. The molecule has 0 saturated carbocycles. The molecule has 2 heterocycles. The average molecular weight is 513 g/mol. The van der Waals surface area contributed by atoms with Crippen LogP contribution in [0.5, 0.6) is 0 Å². The highest BCUT2D eigenvalue weighted by Gasteiger charge is 2.40. The Balaban J connectivity index is 0.00000364. The molecule has 9 heteroatoms. The van der Waals surface area contributed by atoms with Crippen LogP contribution in [0.3, 0.4) is 0 Å². The van der Waals surface area contributed by atoms with Crippen LogP contribution in [0.15, 0.2) is 4.99 Å². The van der Waals surface area contributed by atoms with E-state index in [1.807, 2.05) is 39.5 Å². The molecular formula is C18H36IN5O2S. The second-order valence-electron chi connectivity index (χ2n) is 7.97. The van der Waals surface area contributed by atoms with Gasteiger partial charge in [-0.2, -0.15) is 11.8 Å². The zero-order valence-corrected chi connectivity index (χ0v) is 20.2. The number of carbonyl (C=O) groups is 1. The molecule has 7 nitrogen and oxygen atoms in total. The van der Waals surface area contributed by atoms with E-state index in [0.717, 1.165) is 45.1 Å². The van der Waals surface area contributed by atoms with Crippen molar-refractivity contribution in [2.45, 2.75) is 45.2 Å². The molecule has 2 aliphatic rings. The number of amides is 1. The number of nitrogens with zero attached hydrogens (tertiary/aromatic N) is 2. The van der Waals surface area contributed by atoms with E-state index in [1.54, 1.807) is 0 Å². The Bertz CT molecular complexity index is 487. The summed E-state index contributed by atoms with van der Waals surface area (Å²) in [6.45, 7) is 13.3. The summed E-state index contributed by atoms with van der Waals surface area (Å²) in [5.74, 6) is 2.97. The molecule has 0 spiro atoms. The third-order valence-electron chi connectivity index (χ3n) is 4.59. The summed E-state index contributed by atoms with van der Waals surface area (Å²) in [6, 6.07) is 0. The lowest BCUT2D eigenvalue weighted by molar-refractivity contribution is -0.121. The first-order valence-corrected chi connectivity index (χ1v) is 10.7. The van der Waals surface area contributed by atoms with Gasteiger partial charge in [-0.05, 0) is 39.9 Å². The van der Waals surface area contributed by atoms with Crippen LogP contribution in [0.1, 0.15) is 34.1 Å². The first-order valence-electron chi connectivity index (χ1n) is 9.58. The Morgan fingerprint density at radius 1 is 1.26 bits per heavy atom. The third-order valence-corrected chi connectivity index (χ3v) is 5.82. The van der Waals surface area contributed by atoms with Crippen molar-refractivity contribution < 1.29 is 9.53 Å². The normalized spacial score (nSPS) is 24.2. The van der Waals surface area contributed by atoms with Gasteiger partial charge >= 0.3 is 0 Å². The van der Waals surface area contributed by atoms with Crippen molar-refractivity contribution in [3.8, 4) is 0 Å². The maximum atomic E-state index is 12.0. The summed E-state index contributed by atoms with van der Waals surface area (Å²) in [5, 5.41) is 9.68. The summed E-state index contributed by atoms with van der Waals surface area (Å²) in [7, 11) is 0.